The Bertz CT molecular complexity index is 1220. The molecule has 0 spiro atoms. The van der Waals surface area contributed by atoms with Crippen molar-refractivity contribution >= 4 is 10.0 Å². The third-order valence-electron chi connectivity index (χ3n) is 4.44. The van der Waals surface area contributed by atoms with Crippen molar-refractivity contribution < 1.29 is 12.9 Å². The summed E-state index contributed by atoms with van der Waals surface area (Å²) in [5.41, 5.74) is 3.39. The number of aryl methyl sites for hydroxylation is 1. The van der Waals surface area contributed by atoms with Gasteiger partial charge in [-0.25, -0.2) is 13.1 Å². The number of rotatable bonds is 6. The Hall–Kier alpha value is -3.29. The van der Waals surface area contributed by atoms with Crippen LogP contribution in [0.25, 0.3) is 22.8 Å². The Morgan fingerprint density at radius 1 is 0.897 bits per heavy atom. The Balaban J connectivity index is 1.56. The molecular formula is C22H19N3O3S. The SMILES string of the molecule is Cc1ccc(-c2noc(-c3cccc(S(=O)(=O)NCc4ccccc4)c3)n2)cc1. The van der Waals surface area contributed by atoms with Crippen molar-refractivity contribution in [1.82, 2.24) is 14.9 Å². The van der Waals surface area contributed by atoms with Gasteiger partial charge in [0.25, 0.3) is 5.89 Å². The van der Waals surface area contributed by atoms with Crippen LogP contribution in [0.1, 0.15) is 11.1 Å². The van der Waals surface area contributed by atoms with Crippen LogP contribution in [0, 0.1) is 6.92 Å². The number of nitrogens with zero attached hydrogens (tertiary/aromatic N) is 2. The molecule has 0 saturated heterocycles. The second-order valence-corrected chi connectivity index (χ2v) is 8.39. The van der Waals surface area contributed by atoms with E-state index in [0.29, 0.717) is 11.4 Å². The van der Waals surface area contributed by atoms with Crippen molar-refractivity contribution in [3.63, 3.8) is 0 Å². The molecule has 0 amide bonds. The summed E-state index contributed by atoms with van der Waals surface area (Å²) in [6, 6.07) is 23.6. The predicted molar refractivity (Wildman–Crippen MR) is 110 cm³/mol. The van der Waals surface area contributed by atoms with E-state index in [0.717, 1.165) is 16.7 Å². The molecule has 0 bridgehead atoms. The predicted octanol–water partition coefficient (Wildman–Crippen LogP) is 4.19. The molecule has 0 aliphatic heterocycles. The normalized spacial score (nSPS) is 11.5. The van der Waals surface area contributed by atoms with Crippen LogP contribution in [0.2, 0.25) is 0 Å². The molecule has 0 saturated carbocycles. The van der Waals surface area contributed by atoms with Crippen LogP contribution in [-0.2, 0) is 16.6 Å². The average Bonchev–Trinajstić information content (AvgIpc) is 3.24. The molecule has 1 aromatic heterocycles. The highest BCUT2D eigenvalue weighted by Gasteiger charge is 2.17. The highest BCUT2D eigenvalue weighted by Crippen LogP contribution is 2.24. The third-order valence-corrected chi connectivity index (χ3v) is 5.84. The summed E-state index contributed by atoms with van der Waals surface area (Å²) in [5, 5.41) is 4.01. The molecule has 4 aromatic rings. The quantitative estimate of drug-likeness (QED) is 0.520. The zero-order valence-corrected chi connectivity index (χ0v) is 16.6. The van der Waals surface area contributed by atoms with Gasteiger partial charge in [-0.2, -0.15) is 4.98 Å². The molecule has 0 unspecified atom stereocenters. The highest BCUT2D eigenvalue weighted by atomic mass is 32.2. The van der Waals surface area contributed by atoms with Gasteiger partial charge in [-0.15, -0.1) is 0 Å². The summed E-state index contributed by atoms with van der Waals surface area (Å²) in [4.78, 5) is 4.54. The van der Waals surface area contributed by atoms with Crippen molar-refractivity contribution in [1.29, 1.82) is 0 Å². The number of hydrogen-bond donors (Lipinski definition) is 1. The third kappa shape index (κ3) is 4.42. The molecule has 1 heterocycles. The van der Waals surface area contributed by atoms with Crippen LogP contribution in [0.5, 0.6) is 0 Å². The first-order chi connectivity index (χ1) is 14.0. The first-order valence-corrected chi connectivity index (χ1v) is 10.5. The molecule has 0 aliphatic carbocycles. The summed E-state index contributed by atoms with van der Waals surface area (Å²) in [5.74, 6) is 0.719. The molecule has 7 heteroatoms. The van der Waals surface area contributed by atoms with Gasteiger partial charge in [0.15, 0.2) is 0 Å². The fourth-order valence-electron chi connectivity index (χ4n) is 2.81. The zero-order valence-electron chi connectivity index (χ0n) is 15.7. The van der Waals surface area contributed by atoms with Crippen molar-refractivity contribution in [2.24, 2.45) is 0 Å². The lowest BCUT2D eigenvalue weighted by atomic mass is 10.1. The topological polar surface area (TPSA) is 85.1 Å². The van der Waals surface area contributed by atoms with Gasteiger partial charge in [0.1, 0.15) is 0 Å². The fourth-order valence-corrected chi connectivity index (χ4v) is 3.88. The second-order valence-electron chi connectivity index (χ2n) is 6.63. The maximum Gasteiger partial charge on any atom is 0.258 e. The molecule has 146 valence electrons. The highest BCUT2D eigenvalue weighted by molar-refractivity contribution is 7.89. The Kier molecular flexibility index (Phi) is 5.24. The molecule has 0 atom stereocenters. The van der Waals surface area contributed by atoms with Crippen molar-refractivity contribution in [2.75, 3.05) is 0 Å². The molecule has 6 nitrogen and oxygen atoms in total. The lowest BCUT2D eigenvalue weighted by molar-refractivity contribution is 0.432. The van der Waals surface area contributed by atoms with E-state index >= 15 is 0 Å². The number of nitrogens with one attached hydrogen (secondary N) is 1. The fraction of sp³-hybridized carbons (Fsp3) is 0.0909. The lowest BCUT2D eigenvalue weighted by Gasteiger charge is -2.07. The molecule has 29 heavy (non-hydrogen) atoms. The number of hydrogen-bond acceptors (Lipinski definition) is 5. The lowest BCUT2D eigenvalue weighted by Crippen LogP contribution is -2.23. The first kappa shape index (κ1) is 19.0. The number of sulfonamides is 1. The number of aromatic nitrogens is 2. The van der Waals surface area contributed by atoms with Gasteiger partial charge >= 0.3 is 0 Å². The molecular weight excluding hydrogens is 386 g/mol. The average molecular weight is 405 g/mol. The minimum absolute atomic E-state index is 0.140. The van der Waals surface area contributed by atoms with E-state index in [1.807, 2.05) is 61.5 Å². The second kappa shape index (κ2) is 7.98. The van der Waals surface area contributed by atoms with E-state index in [4.69, 9.17) is 4.52 Å². The molecule has 0 radical (unpaired) electrons. The molecule has 3 aromatic carbocycles. The number of benzene rings is 3. The van der Waals surface area contributed by atoms with Crippen LogP contribution in [0.15, 0.2) is 88.3 Å². The molecule has 4 rings (SSSR count). The summed E-state index contributed by atoms with van der Waals surface area (Å²) >= 11 is 0. The van der Waals surface area contributed by atoms with E-state index < -0.39 is 10.0 Å². The van der Waals surface area contributed by atoms with Gasteiger partial charge in [0.05, 0.1) is 4.90 Å². The van der Waals surface area contributed by atoms with E-state index in [-0.39, 0.29) is 17.3 Å². The van der Waals surface area contributed by atoms with Gasteiger partial charge in [-0.05, 0) is 30.7 Å². The Labute approximate surface area is 169 Å². The van der Waals surface area contributed by atoms with Crippen LogP contribution >= 0.6 is 0 Å². The van der Waals surface area contributed by atoms with Crippen LogP contribution in [0.3, 0.4) is 0 Å². The van der Waals surface area contributed by atoms with Crippen LogP contribution in [0.4, 0.5) is 0 Å². The maximum absolute atomic E-state index is 12.7. The smallest absolute Gasteiger partial charge is 0.258 e. The zero-order chi connectivity index (χ0) is 20.3. The summed E-state index contributed by atoms with van der Waals surface area (Å²) in [6.07, 6.45) is 0. The molecule has 0 fully saturated rings. The minimum Gasteiger partial charge on any atom is -0.334 e. The van der Waals surface area contributed by atoms with Gasteiger partial charge in [0, 0.05) is 17.7 Å². The van der Waals surface area contributed by atoms with E-state index in [9.17, 15) is 8.42 Å². The van der Waals surface area contributed by atoms with Crippen molar-refractivity contribution in [2.45, 2.75) is 18.4 Å². The van der Waals surface area contributed by atoms with E-state index in [1.54, 1.807) is 12.1 Å². The van der Waals surface area contributed by atoms with Gasteiger partial charge in [-0.3, -0.25) is 0 Å². The van der Waals surface area contributed by atoms with Gasteiger partial charge in [0.2, 0.25) is 15.8 Å². The largest absolute Gasteiger partial charge is 0.334 e. The monoisotopic (exact) mass is 405 g/mol. The molecule has 1 N–H and O–H groups in total. The Morgan fingerprint density at radius 3 is 2.41 bits per heavy atom. The van der Waals surface area contributed by atoms with Gasteiger partial charge in [-0.1, -0.05) is 71.4 Å². The standard InChI is InChI=1S/C22H19N3O3S/c1-16-10-12-18(13-11-16)21-24-22(28-25-21)19-8-5-9-20(14-19)29(26,27)23-15-17-6-3-2-4-7-17/h2-14,23H,15H2,1H3. The van der Waals surface area contributed by atoms with E-state index in [1.165, 1.54) is 12.1 Å². The maximum atomic E-state index is 12.7. The first-order valence-electron chi connectivity index (χ1n) is 9.06. The van der Waals surface area contributed by atoms with Gasteiger partial charge < -0.3 is 4.52 Å². The Morgan fingerprint density at radius 2 is 1.66 bits per heavy atom. The van der Waals surface area contributed by atoms with Crippen molar-refractivity contribution in [3.05, 3.63) is 90.0 Å². The van der Waals surface area contributed by atoms with E-state index in [2.05, 4.69) is 14.9 Å². The van der Waals surface area contributed by atoms with Crippen LogP contribution in [-0.4, -0.2) is 18.6 Å². The molecule has 0 aliphatic rings. The summed E-state index contributed by atoms with van der Waals surface area (Å²) in [7, 11) is -3.68. The summed E-state index contributed by atoms with van der Waals surface area (Å²) < 4.78 is 33.3. The van der Waals surface area contributed by atoms with Crippen molar-refractivity contribution in [3.8, 4) is 22.8 Å². The minimum atomic E-state index is -3.68. The van der Waals surface area contributed by atoms with Crippen LogP contribution < -0.4 is 4.72 Å². The summed E-state index contributed by atoms with van der Waals surface area (Å²) in [6.45, 7) is 2.22.